The minimum absolute atomic E-state index is 0.140. The van der Waals surface area contributed by atoms with Crippen molar-refractivity contribution in [2.45, 2.75) is 0 Å². The fourth-order valence-corrected chi connectivity index (χ4v) is 2.79. The molecule has 9 heteroatoms. The summed E-state index contributed by atoms with van der Waals surface area (Å²) in [4.78, 5) is 29.0. The molecule has 0 aliphatic carbocycles. The van der Waals surface area contributed by atoms with Gasteiger partial charge in [0.05, 0.1) is 26.3 Å². The number of benzene rings is 2. The molecule has 0 atom stereocenters. The maximum atomic E-state index is 12.6. The van der Waals surface area contributed by atoms with Gasteiger partial charge < -0.3 is 24.8 Å². The van der Waals surface area contributed by atoms with Crippen LogP contribution in [0.5, 0.6) is 17.2 Å². The van der Waals surface area contributed by atoms with Crippen LogP contribution in [0, 0.1) is 0 Å². The van der Waals surface area contributed by atoms with Crippen molar-refractivity contribution in [2.24, 2.45) is 0 Å². The molecule has 32 heavy (non-hydrogen) atoms. The van der Waals surface area contributed by atoms with Gasteiger partial charge >= 0.3 is 6.03 Å². The van der Waals surface area contributed by atoms with E-state index in [4.69, 9.17) is 14.2 Å². The number of pyridine rings is 1. The van der Waals surface area contributed by atoms with Gasteiger partial charge in [0.25, 0.3) is 5.91 Å². The third-order valence-corrected chi connectivity index (χ3v) is 4.35. The van der Waals surface area contributed by atoms with Gasteiger partial charge in [-0.2, -0.15) is 0 Å². The van der Waals surface area contributed by atoms with Crippen molar-refractivity contribution in [2.75, 3.05) is 38.0 Å². The molecule has 0 aliphatic heterocycles. The molecule has 0 aliphatic rings. The van der Waals surface area contributed by atoms with Crippen LogP contribution in [0.15, 0.2) is 66.9 Å². The Labute approximate surface area is 185 Å². The van der Waals surface area contributed by atoms with Gasteiger partial charge in [-0.1, -0.05) is 12.1 Å². The van der Waals surface area contributed by atoms with Gasteiger partial charge in [0.2, 0.25) is 0 Å². The summed E-state index contributed by atoms with van der Waals surface area (Å²) in [5.74, 6) is 1.63. The molecule has 0 radical (unpaired) electrons. The lowest BCUT2D eigenvalue weighted by molar-refractivity contribution is 0.0947. The fourth-order valence-electron chi connectivity index (χ4n) is 2.79. The molecule has 0 bridgehead atoms. The Morgan fingerprint density at radius 3 is 2.34 bits per heavy atom. The van der Waals surface area contributed by atoms with Crippen LogP contribution in [0.25, 0.3) is 0 Å². The van der Waals surface area contributed by atoms with Gasteiger partial charge in [-0.3, -0.25) is 10.1 Å². The van der Waals surface area contributed by atoms with Gasteiger partial charge in [0.15, 0.2) is 11.5 Å². The molecule has 0 saturated heterocycles. The van der Waals surface area contributed by atoms with Crippen molar-refractivity contribution < 1.29 is 23.8 Å². The predicted octanol–water partition coefficient (Wildman–Crippen LogP) is 3.55. The average Bonchev–Trinajstić information content (AvgIpc) is 2.82. The van der Waals surface area contributed by atoms with Crippen LogP contribution in [0.4, 0.5) is 16.3 Å². The second-order valence-electron chi connectivity index (χ2n) is 6.46. The van der Waals surface area contributed by atoms with Gasteiger partial charge in [-0.25, -0.2) is 9.78 Å². The smallest absolute Gasteiger partial charge is 0.324 e. The molecule has 3 rings (SSSR count). The van der Waals surface area contributed by atoms with Crippen LogP contribution >= 0.6 is 0 Å². The number of hydrogen-bond donors (Lipinski definition) is 3. The van der Waals surface area contributed by atoms with E-state index in [1.54, 1.807) is 62.8 Å². The summed E-state index contributed by atoms with van der Waals surface area (Å²) in [6.07, 6.45) is 1.49. The number of anilines is 2. The number of nitrogens with zero attached hydrogens (tertiary/aromatic N) is 1. The van der Waals surface area contributed by atoms with Crippen LogP contribution < -0.4 is 30.2 Å². The zero-order valence-corrected chi connectivity index (χ0v) is 17.8. The number of amides is 3. The Kier molecular flexibility index (Phi) is 7.85. The first kappa shape index (κ1) is 22.4. The van der Waals surface area contributed by atoms with Crippen molar-refractivity contribution in [3.63, 3.8) is 0 Å². The molecule has 0 spiro atoms. The molecular formula is C23H24N4O5. The molecule has 0 unspecified atom stereocenters. The number of nitrogens with one attached hydrogen (secondary N) is 3. The van der Waals surface area contributed by atoms with E-state index >= 15 is 0 Å². The molecular weight excluding hydrogens is 412 g/mol. The van der Waals surface area contributed by atoms with Gasteiger partial charge in [-0.15, -0.1) is 0 Å². The van der Waals surface area contributed by atoms with E-state index in [0.717, 1.165) is 0 Å². The monoisotopic (exact) mass is 436 g/mol. The molecule has 2 aromatic carbocycles. The lowest BCUT2D eigenvalue weighted by Gasteiger charge is -2.13. The summed E-state index contributed by atoms with van der Waals surface area (Å²) < 4.78 is 16.0. The van der Waals surface area contributed by atoms with E-state index in [-0.39, 0.29) is 30.4 Å². The van der Waals surface area contributed by atoms with E-state index < -0.39 is 6.03 Å². The maximum Gasteiger partial charge on any atom is 0.324 e. The van der Waals surface area contributed by atoms with Crippen LogP contribution in [0.1, 0.15) is 10.4 Å². The van der Waals surface area contributed by atoms with E-state index in [0.29, 0.717) is 22.9 Å². The third kappa shape index (κ3) is 6.11. The Morgan fingerprint density at radius 2 is 1.62 bits per heavy atom. The predicted molar refractivity (Wildman–Crippen MR) is 121 cm³/mol. The number of carbonyl (C=O) groups excluding carboxylic acids is 2. The number of para-hydroxylation sites is 2. The summed E-state index contributed by atoms with van der Waals surface area (Å²) in [6.45, 7) is 0.496. The van der Waals surface area contributed by atoms with Crippen molar-refractivity contribution in [3.8, 4) is 17.2 Å². The number of hydrogen-bond acceptors (Lipinski definition) is 6. The Morgan fingerprint density at radius 1 is 0.875 bits per heavy atom. The average molecular weight is 436 g/mol. The van der Waals surface area contributed by atoms with Gasteiger partial charge in [-0.05, 0) is 48.5 Å². The zero-order valence-electron chi connectivity index (χ0n) is 17.8. The molecule has 0 fully saturated rings. The first-order valence-corrected chi connectivity index (χ1v) is 9.82. The second-order valence-corrected chi connectivity index (χ2v) is 6.46. The zero-order chi connectivity index (χ0) is 22.8. The second kappa shape index (κ2) is 11.2. The highest BCUT2D eigenvalue weighted by Crippen LogP contribution is 2.25. The molecule has 0 saturated carbocycles. The summed E-state index contributed by atoms with van der Waals surface area (Å²) in [5, 5.41) is 8.03. The van der Waals surface area contributed by atoms with E-state index in [1.807, 2.05) is 12.1 Å². The lowest BCUT2D eigenvalue weighted by Crippen LogP contribution is -2.30. The summed E-state index contributed by atoms with van der Waals surface area (Å²) >= 11 is 0. The Hall–Kier alpha value is -4.27. The Balaban J connectivity index is 1.54. The van der Waals surface area contributed by atoms with Crippen LogP contribution in [-0.2, 0) is 0 Å². The molecule has 3 N–H and O–H groups in total. The number of aromatic nitrogens is 1. The third-order valence-electron chi connectivity index (χ3n) is 4.35. The van der Waals surface area contributed by atoms with Crippen LogP contribution in [0.2, 0.25) is 0 Å². The first-order chi connectivity index (χ1) is 15.6. The first-order valence-electron chi connectivity index (χ1n) is 9.82. The SMILES string of the molecule is COc1ccc(NC(=O)Nc2ncccc2C(=O)NCCOc2ccccc2OC)cc1. The van der Waals surface area contributed by atoms with Crippen LogP contribution in [-0.4, -0.2) is 44.3 Å². The van der Waals surface area contributed by atoms with E-state index in [1.165, 1.54) is 6.20 Å². The van der Waals surface area contributed by atoms with Crippen LogP contribution in [0.3, 0.4) is 0 Å². The highest BCUT2D eigenvalue weighted by molar-refractivity contribution is 6.05. The molecule has 9 nitrogen and oxygen atoms in total. The standard InChI is InChI=1S/C23H24N4O5/c1-30-17-11-9-16(10-12-17)26-23(29)27-21-18(6-5-13-24-21)22(28)25-14-15-32-20-8-4-3-7-19(20)31-2/h3-13H,14-15H2,1-2H3,(H,25,28)(H2,24,26,27,29). The topological polar surface area (TPSA) is 111 Å². The van der Waals surface area contributed by atoms with Crippen molar-refractivity contribution >= 4 is 23.4 Å². The fraction of sp³-hybridized carbons (Fsp3) is 0.174. The van der Waals surface area contributed by atoms with Crippen molar-refractivity contribution in [1.29, 1.82) is 0 Å². The highest BCUT2D eigenvalue weighted by Gasteiger charge is 2.14. The molecule has 166 valence electrons. The summed E-state index contributed by atoms with van der Waals surface area (Å²) in [7, 11) is 3.12. The molecule has 3 aromatic rings. The minimum atomic E-state index is -0.526. The van der Waals surface area contributed by atoms with Crippen molar-refractivity contribution in [3.05, 3.63) is 72.4 Å². The van der Waals surface area contributed by atoms with Gasteiger partial charge in [0, 0.05) is 11.9 Å². The summed E-state index contributed by atoms with van der Waals surface area (Å²) in [6, 6.07) is 16.8. The summed E-state index contributed by atoms with van der Waals surface area (Å²) in [5.41, 5.74) is 0.799. The number of urea groups is 1. The number of rotatable bonds is 9. The largest absolute Gasteiger partial charge is 0.497 e. The number of ether oxygens (including phenoxy) is 3. The lowest BCUT2D eigenvalue weighted by atomic mass is 10.2. The van der Waals surface area contributed by atoms with Crippen molar-refractivity contribution in [1.82, 2.24) is 10.3 Å². The number of methoxy groups -OCH3 is 2. The minimum Gasteiger partial charge on any atom is -0.497 e. The quantitative estimate of drug-likeness (QED) is 0.443. The highest BCUT2D eigenvalue weighted by atomic mass is 16.5. The molecule has 1 heterocycles. The number of carbonyl (C=O) groups is 2. The maximum absolute atomic E-state index is 12.6. The molecule has 3 amide bonds. The Bertz CT molecular complexity index is 1060. The van der Waals surface area contributed by atoms with E-state index in [2.05, 4.69) is 20.9 Å². The molecule has 1 aromatic heterocycles. The van der Waals surface area contributed by atoms with Gasteiger partial charge in [0.1, 0.15) is 18.2 Å². The normalized spacial score (nSPS) is 10.1. The van der Waals surface area contributed by atoms with E-state index in [9.17, 15) is 9.59 Å².